The lowest BCUT2D eigenvalue weighted by atomic mass is 10.1. The Morgan fingerprint density at radius 3 is 2.50 bits per heavy atom. The molecule has 18 heavy (non-hydrogen) atoms. The fraction of sp³-hybridized carbons (Fsp3) is 0.143. The highest BCUT2D eigenvalue weighted by Gasteiger charge is 2.13. The van der Waals surface area contributed by atoms with E-state index in [1.165, 1.54) is 23.8 Å². The van der Waals surface area contributed by atoms with Crippen LogP contribution >= 0.6 is 0 Å². The van der Waals surface area contributed by atoms with E-state index in [0.717, 1.165) is 5.56 Å². The van der Waals surface area contributed by atoms with Crippen molar-refractivity contribution in [3.8, 4) is 5.75 Å². The van der Waals surface area contributed by atoms with Gasteiger partial charge < -0.3 is 9.67 Å². The zero-order valence-electron chi connectivity index (χ0n) is 9.96. The fourth-order valence-corrected chi connectivity index (χ4v) is 1.80. The average Bonchev–Trinajstić information content (AvgIpc) is 2.34. The molecule has 1 aromatic carbocycles. The van der Waals surface area contributed by atoms with E-state index in [1.807, 2.05) is 30.3 Å². The lowest BCUT2D eigenvalue weighted by Gasteiger charge is -2.08. The Morgan fingerprint density at radius 2 is 1.89 bits per heavy atom. The second kappa shape index (κ2) is 4.87. The summed E-state index contributed by atoms with van der Waals surface area (Å²) in [6, 6.07) is 10.8. The summed E-state index contributed by atoms with van der Waals surface area (Å²) in [5.74, 6) is -0.697. The van der Waals surface area contributed by atoms with Crippen molar-refractivity contribution in [3.05, 3.63) is 64.1 Å². The third-order valence-corrected chi connectivity index (χ3v) is 2.69. The maximum atomic E-state index is 12.0. The third-order valence-electron chi connectivity index (χ3n) is 2.69. The van der Waals surface area contributed by atoms with E-state index in [9.17, 15) is 14.7 Å². The van der Waals surface area contributed by atoms with Crippen LogP contribution in [0.25, 0.3) is 0 Å². The molecule has 0 atom stereocenters. The monoisotopic (exact) mass is 243 g/mol. The predicted octanol–water partition coefficient (Wildman–Crippen LogP) is 1.80. The van der Waals surface area contributed by atoms with Crippen LogP contribution in [-0.4, -0.2) is 15.5 Å². The van der Waals surface area contributed by atoms with Gasteiger partial charge in [-0.05, 0) is 18.6 Å². The summed E-state index contributed by atoms with van der Waals surface area (Å²) in [4.78, 5) is 23.3. The molecule has 1 N–H and O–H groups in total. The largest absolute Gasteiger partial charge is 0.507 e. The number of carbonyl (C=O) groups is 1. The predicted molar refractivity (Wildman–Crippen MR) is 67.9 cm³/mol. The first-order valence-electron chi connectivity index (χ1n) is 5.57. The number of carbonyl (C=O) groups excluding carboxylic acids is 1. The van der Waals surface area contributed by atoms with E-state index in [1.54, 1.807) is 0 Å². The summed E-state index contributed by atoms with van der Waals surface area (Å²) in [7, 11) is 0. The van der Waals surface area contributed by atoms with Gasteiger partial charge in [-0.2, -0.15) is 0 Å². The number of benzene rings is 1. The third kappa shape index (κ3) is 2.32. The summed E-state index contributed by atoms with van der Waals surface area (Å²) in [5.41, 5.74) is 0.333. The smallest absolute Gasteiger partial charge is 0.265 e. The average molecular weight is 243 g/mol. The highest BCUT2D eigenvalue weighted by atomic mass is 16.3. The molecule has 4 heteroatoms. The van der Waals surface area contributed by atoms with E-state index in [-0.39, 0.29) is 11.3 Å². The molecular weight excluding hydrogens is 230 g/mol. The highest BCUT2D eigenvalue weighted by Crippen LogP contribution is 2.12. The number of pyridine rings is 1. The highest BCUT2D eigenvalue weighted by molar-refractivity contribution is 5.96. The molecule has 92 valence electrons. The van der Waals surface area contributed by atoms with Gasteiger partial charge in [-0.15, -0.1) is 0 Å². The number of ketones is 1. The van der Waals surface area contributed by atoms with Crippen molar-refractivity contribution in [2.24, 2.45) is 0 Å². The summed E-state index contributed by atoms with van der Waals surface area (Å²) >= 11 is 0. The van der Waals surface area contributed by atoms with Crippen LogP contribution in [0.4, 0.5) is 0 Å². The molecule has 0 amide bonds. The van der Waals surface area contributed by atoms with Crippen LogP contribution in [0.15, 0.2) is 47.4 Å². The summed E-state index contributed by atoms with van der Waals surface area (Å²) in [5, 5.41) is 9.52. The van der Waals surface area contributed by atoms with Gasteiger partial charge in [-0.1, -0.05) is 30.3 Å². The number of hydrogen-bond acceptors (Lipinski definition) is 3. The van der Waals surface area contributed by atoms with E-state index in [4.69, 9.17) is 0 Å². The Bertz CT molecular complexity index is 629. The molecule has 4 nitrogen and oxygen atoms in total. The second-order valence-corrected chi connectivity index (χ2v) is 4.05. The van der Waals surface area contributed by atoms with Crippen LogP contribution < -0.4 is 5.56 Å². The second-order valence-electron chi connectivity index (χ2n) is 4.05. The first-order chi connectivity index (χ1) is 8.59. The zero-order valence-corrected chi connectivity index (χ0v) is 9.96. The van der Waals surface area contributed by atoms with Crippen molar-refractivity contribution in [1.29, 1.82) is 0 Å². The Hall–Kier alpha value is -2.36. The van der Waals surface area contributed by atoms with Gasteiger partial charge in [0.05, 0.1) is 6.54 Å². The molecule has 0 saturated heterocycles. The lowest BCUT2D eigenvalue weighted by Crippen LogP contribution is -2.25. The number of Topliss-reactive ketones (excluding diaryl/α,β-unsaturated/α-hetero) is 1. The molecule has 0 radical (unpaired) electrons. The summed E-state index contributed by atoms with van der Waals surface area (Å²) in [6.07, 6.45) is 1.48. The van der Waals surface area contributed by atoms with Gasteiger partial charge in [0.1, 0.15) is 11.3 Å². The fourth-order valence-electron chi connectivity index (χ4n) is 1.80. The molecule has 0 aliphatic carbocycles. The van der Waals surface area contributed by atoms with E-state index < -0.39 is 11.3 Å². The molecule has 0 bridgehead atoms. The number of hydrogen-bond donors (Lipinski definition) is 1. The van der Waals surface area contributed by atoms with Gasteiger partial charge >= 0.3 is 0 Å². The zero-order chi connectivity index (χ0) is 13.1. The minimum atomic E-state index is -0.466. The van der Waals surface area contributed by atoms with E-state index >= 15 is 0 Å². The summed E-state index contributed by atoms with van der Waals surface area (Å²) in [6.45, 7) is 1.64. The van der Waals surface area contributed by atoms with Crippen LogP contribution in [0.2, 0.25) is 0 Å². The molecule has 0 aliphatic heterocycles. The maximum Gasteiger partial charge on any atom is 0.265 e. The van der Waals surface area contributed by atoms with Gasteiger partial charge in [0.2, 0.25) is 0 Å². The van der Waals surface area contributed by atoms with Gasteiger partial charge in [0.15, 0.2) is 5.78 Å². The molecule has 1 aromatic heterocycles. The number of rotatable bonds is 3. The normalized spacial score (nSPS) is 10.3. The number of nitrogens with zero attached hydrogens (tertiary/aromatic N) is 1. The van der Waals surface area contributed by atoms with Crippen molar-refractivity contribution >= 4 is 5.78 Å². The minimum Gasteiger partial charge on any atom is -0.507 e. The SMILES string of the molecule is CC(=O)c1c(O)ccn(Cc2ccccc2)c1=O. The van der Waals surface area contributed by atoms with E-state index in [0.29, 0.717) is 6.54 Å². The van der Waals surface area contributed by atoms with Crippen LogP contribution in [0.3, 0.4) is 0 Å². The first kappa shape index (κ1) is 12.1. The number of aromatic nitrogens is 1. The molecule has 2 rings (SSSR count). The Morgan fingerprint density at radius 1 is 1.22 bits per heavy atom. The molecule has 1 heterocycles. The van der Waals surface area contributed by atoms with Crippen LogP contribution in [0.5, 0.6) is 5.75 Å². The molecule has 0 aliphatic rings. The minimum absolute atomic E-state index is 0.159. The van der Waals surface area contributed by atoms with E-state index in [2.05, 4.69) is 0 Å². The first-order valence-corrected chi connectivity index (χ1v) is 5.57. The van der Waals surface area contributed by atoms with Crippen molar-refractivity contribution in [1.82, 2.24) is 4.57 Å². The van der Waals surface area contributed by atoms with Crippen molar-refractivity contribution < 1.29 is 9.90 Å². The van der Waals surface area contributed by atoms with Crippen molar-refractivity contribution in [2.75, 3.05) is 0 Å². The molecule has 0 spiro atoms. The van der Waals surface area contributed by atoms with Crippen LogP contribution in [0.1, 0.15) is 22.8 Å². The Kier molecular flexibility index (Phi) is 3.28. The quantitative estimate of drug-likeness (QED) is 0.836. The molecule has 0 saturated carbocycles. The van der Waals surface area contributed by atoms with Crippen molar-refractivity contribution in [3.63, 3.8) is 0 Å². The number of aromatic hydroxyl groups is 1. The molecule has 0 fully saturated rings. The molecule has 2 aromatic rings. The molecule has 0 unspecified atom stereocenters. The maximum absolute atomic E-state index is 12.0. The van der Waals surface area contributed by atoms with Crippen LogP contribution in [-0.2, 0) is 6.54 Å². The Labute approximate surface area is 104 Å². The van der Waals surface area contributed by atoms with Gasteiger partial charge in [-0.3, -0.25) is 9.59 Å². The van der Waals surface area contributed by atoms with Gasteiger partial charge in [0, 0.05) is 6.20 Å². The summed E-state index contributed by atoms with van der Waals surface area (Å²) < 4.78 is 1.41. The van der Waals surface area contributed by atoms with Gasteiger partial charge in [0.25, 0.3) is 5.56 Å². The van der Waals surface area contributed by atoms with Crippen LogP contribution in [0, 0.1) is 0 Å². The van der Waals surface area contributed by atoms with Gasteiger partial charge in [-0.25, -0.2) is 0 Å². The molecular formula is C14H13NO3. The standard InChI is InChI=1S/C14H13NO3/c1-10(16)13-12(17)7-8-15(14(13)18)9-11-5-3-2-4-6-11/h2-8,17H,9H2,1H3. The topological polar surface area (TPSA) is 59.3 Å². The Balaban J connectivity index is 2.45. The lowest BCUT2D eigenvalue weighted by molar-refractivity contribution is 0.101. The van der Waals surface area contributed by atoms with Crippen molar-refractivity contribution in [2.45, 2.75) is 13.5 Å².